The maximum atomic E-state index is 12.5. The summed E-state index contributed by atoms with van der Waals surface area (Å²) in [4.78, 5) is 15.0. The van der Waals surface area contributed by atoms with E-state index in [-0.39, 0.29) is 5.91 Å². The van der Waals surface area contributed by atoms with Crippen LogP contribution in [0.2, 0.25) is 0 Å². The molecular weight excluding hydrogens is 250 g/mol. The van der Waals surface area contributed by atoms with E-state index in [1.165, 1.54) is 25.8 Å². The van der Waals surface area contributed by atoms with E-state index in [4.69, 9.17) is 0 Å². The first-order valence-corrected chi connectivity index (χ1v) is 7.61. The minimum Gasteiger partial charge on any atom is -0.387 e. The van der Waals surface area contributed by atoms with Crippen LogP contribution in [0.15, 0.2) is 24.3 Å². The van der Waals surface area contributed by atoms with Crippen molar-refractivity contribution in [2.24, 2.45) is 0 Å². The summed E-state index contributed by atoms with van der Waals surface area (Å²) in [6.07, 6.45) is 4.90. The van der Waals surface area contributed by atoms with Crippen LogP contribution in [0.5, 0.6) is 0 Å². The van der Waals surface area contributed by atoms with Crippen LogP contribution in [0.3, 0.4) is 0 Å². The number of nitrogens with zero attached hydrogens (tertiary/aromatic N) is 1. The molecule has 0 spiro atoms. The van der Waals surface area contributed by atoms with Gasteiger partial charge in [-0.3, -0.25) is 9.69 Å². The maximum absolute atomic E-state index is 12.5. The number of carbonyl (C=O) groups is 1. The lowest BCUT2D eigenvalue weighted by Crippen LogP contribution is -2.46. The van der Waals surface area contributed by atoms with E-state index in [2.05, 4.69) is 15.5 Å². The third kappa shape index (κ3) is 2.52. The highest BCUT2D eigenvalue weighted by Gasteiger charge is 2.36. The van der Waals surface area contributed by atoms with Crippen LogP contribution in [-0.2, 0) is 0 Å². The second kappa shape index (κ2) is 5.83. The Kier molecular flexibility index (Phi) is 3.92. The van der Waals surface area contributed by atoms with Crippen LogP contribution in [0.25, 0.3) is 0 Å². The zero-order valence-electron chi connectivity index (χ0n) is 12.1. The number of fused-ring (bicyclic) bond motifs is 1. The highest BCUT2D eigenvalue weighted by Crippen LogP contribution is 2.27. The Labute approximate surface area is 120 Å². The van der Waals surface area contributed by atoms with Gasteiger partial charge < -0.3 is 10.6 Å². The summed E-state index contributed by atoms with van der Waals surface area (Å²) in [5.74, 6) is 0.0485. The maximum Gasteiger partial charge on any atom is 0.253 e. The number of piperidine rings is 1. The van der Waals surface area contributed by atoms with E-state index >= 15 is 0 Å². The molecule has 0 bridgehead atoms. The van der Waals surface area contributed by atoms with Crippen molar-refractivity contribution in [3.8, 4) is 0 Å². The average Bonchev–Trinajstić information content (AvgIpc) is 2.90. The van der Waals surface area contributed by atoms with Crippen molar-refractivity contribution in [1.82, 2.24) is 10.2 Å². The lowest BCUT2D eigenvalue weighted by atomic mass is 9.98. The normalized spacial score (nSPS) is 26.1. The number of anilines is 1. The standard InChI is InChI=1S/C16H23N3O/c1-17-13-7-3-2-6-12(13)16(20)18-14-9-11-19-10-5-4-8-15(14)19/h2-3,6-7,14-15,17H,4-5,8-11H2,1H3,(H,18,20). The first-order valence-electron chi connectivity index (χ1n) is 7.61. The van der Waals surface area contributed by atoms with Crippen LogP contribution in [0.4, 0.5) is 5.69 Å². The monoisotopic (exact) mass is 273 g/mol. The Balaban J connectivity index is 1.70. The van der Waals surface area contributed by atoms with Gasteiger partial charge in [0.25, 0.3) is 5.91 Å². The van der Waals surface area contributed by atoms with E-state index in [1.54, 1.807) is 0 Å². The summed E-state index contributed by atoms with van der Waals surface area (Å²) in [6.45, 7) is 2.33. The smallest absolute Gasteiger partial charge is 0.253 e. The molecule has 108 valence electrons. The summed E-state index contributed by atoms with van der Waals surface area (Å²) in [5.41, 5.74) is 1.63. The number of hydrogen-bond acceptors (Lipinski definition) is 3. The van der Waals surface area contributed by atoms with Gasteiger partial charge in [0, 0.05) is 31.4 Å². The van der Waals surface area contributed by atoms with Crippen LogP contribution >= 0.6 is 0 Å². The fraction of sp³-hybridized carbons (Fsp3) is 0.562. The van der Waals surface area contributed by atoms with Gasteiger partial charge in [-0.15, -0.1) is 0 Å². The summed E-state index contributed by atoms with van der Waals surface area (Å²) < 4.78 is 0. The first-order chi connectivity index (χ1) is 9.79. The van der Waals surface area contributed by atoms with Gasteiger partial charge in [0.1, 0.15) is 0 Å². The molecular formula is C16H23N3O. The minimum absolute atomic E-state index is 0.0485. The van der Waals surface area contributed by atoms with Gasteiger partial charge in [0.2, 0.25) is 0 Å². The van der Waals surface area contributed by atoms with E-state index in [1.807, 2.05) is 31.3 Å². The fourth-order valence-corrected chi connectivity index (χ4v) is 3.56. The largest absolute Gasteiger partial charge is 0.387 e. The van der Waals surface area contributed by atoms with Crippen molar-refractivity contribution >= 4 is 11.6 Å². The summed E-state index contributed by atoms with van der Waals surface area (Å²) in [7, 11) is 1.85. The molecule has 0 radical (unpaired) electrons. The molecule has 2 atom stereocenters. The molecule has 2 fully saturated rings. The number of para-hydroxylation sites is 1. The summed E-state index contributed by atoms with van der Waals surface area (Å²) in [6, 6.07) is 8.55. The molecule has 2 heterocycles. The summed E-state index contributed by atoms with van der Waals surface area (Å²) in [5, 5.41) is 6.33. The third-order valence-electron chi connectivity index (χ3n) is 4.61. The van der Waals surface area contributed by atoms with Gasteiger partial charge in [-0.2, -0.15) is 0 Å². The van der Waals surface area contributed by atoms with Crippen molar-refractivity contribution in [2.45, 2.75) is 37.8 Å². The zero-order valence-corrected chi connectivity index (χ0v) is 12.1. The van der Waals surface area contributed by atoms with Crippen molar-refractivity contribution in [3.05, 3.63) is 29.8 Å². The van der Waals surface area contributed by atoms with Crippen LogP contribution in [-0.4, -0.2) is 43.0 Å². The Hall–Kier alpha value is -1.55. The zero-order chi connectivity index (χ0) is 13.9. The SMILES string of the molecule is CNc1ccccc1C(=O)NC1CCN2CCCCC12. The Morgan fingerprint density at radius 3 is 2.90 bits per heavy atom. The Morgan fingerprint density at radius 2 is 2.05 bits per heavy atom. The lowest BCUT2D eigenvalue weighted by Gasteiger charge is -2.32. The number of rotatable bonds is 3. The molecule has 2 aliphatic rings. The van der Waals surface area contributed by atoms with Gasteiger partial charge in [0.15, 0.2) is 0 Å². The van der Waals surface area contributed by atoms with Crippen molar-refractivity contribution < 1.29 is 4.79 Å². The second-order valence-corrected chi connectivity index (χ2v) is 5.76. The number of amides is 1. The summed E-state index contributed by atoms with van der Waals surface area (Å²) >= 11 is 0. The van der Waals surface area contributed by atoms with E-state index in [9.17, 15) is 4.79 Å². The van der Waals surface area contributed by atoms with Crippen LogP contribution in [0, 0.1) is 0 Å². The van der Waals surface area contributed by atoms with Gasteiger partial charge in [-0.05, 0) is 37.9 Å². The highest BCUT2D eigenvalue weighted by atomic mass is 16.1. The number of hydrogen-bond donors (Lipinski definition) is 2. The molecule has 1 aromatic rings. The average molecular weight is 273 g/mol. The van der Waals surface area contributed by atoms with Crippen molar-refractivity contribution in [3.63, 3.8) is 0 Å². The Morgan fingerprint density at radius 1 is 1.20 bits per heavy atom. The molecule has 2 N–H and O–H groups in total. The molecule has 4 heteroatoms. The molecule has 4 nitrogen and oxygen atoms in total. The van der Waals surface area contributed by atoms with Gasteiger partial charge in [-0.25, -0.2) is 0 Å². The minimum atomic E-state index is 0.0485. The van der Waals surface area contributed by atoms with Gasteiger partial charge in [0.05, 0.1) is 5.56 Å². The molecule has 0 aromatic heterocycles. The molecule has 1 aromatic carbocycles. The quantitative estimate of drug-likeness (QED) is 0.886. The number of benzene rings is 1. The van der Waals surface area contributed by atoms with E-state index in [0.29, 0.717) is 12.1 Å². The molecule has 0 saturated carbocycles. The molecule has 2 saturated heterocycles. The number of carbonyl (C=O) groups excluding carboxylic acids is 1. The number of nitrogens with one attached hydrogen (secondary N) is 2. The van der Waals surface area contributed by atoms with E-state index < -0.39 is 0 Å². The molecule has 0 aliphatic carbocycles. The molecule has 20 heavy (non-hydrogen) atoms. The van der Waals surface area contributed by atoms with Crippen molar-refractivity contribution in [1.29, 1.82) is 0 Å². The van der Waals surface area contributed by atoms with Crippen LogP contribution < -0.4 is 10.6 Å². The molecule has 3 rings (SSSR count). The molecule has 1 amide bonds. The Bertz CT molecular complexity index is 488. The highest BCUT2D eigenvalue weighted by molar-refractivity contribution is 5.99. The third-order valence-corrected chi connectivity index (χ3v) is 4.61. The fourth-order valence-electron chi connectivity index (χ4n) is 3.56. The first kappa shape index (κ1) is 13.4. The van der Waals surface area contributed by atoms with Gasteiger partial charge >= 0.3 is 0 Å². The molecule has 2 aliphatic heterocycles. The van der Waals surface area contributed by atoms with Gasteiger partial charge in [-0.1, -0.05) is 18.6 Å². The predicted molar refractivity (Wildman–Crippen MR) is 81.1 cm³/mol. The molecule has 2 unspecified atom stereocenters. The van der Waals surface area contributed by atoms with E-state index in [0.717, 1.165) is 24.2 Å². The predicted octanol–water partition coefficient (Wildman–Crippen LogP) is 2.08. The topological polar surface area (TPSA) is 44.4 Å². The lowest BCUT2D eigenvalue weighted by molar-refractivity contribution is 0.0916. The van der Waals surface area contributed by atoms with Crippen molar-refractivity contribution in [2.75, 3.05) is 25.5 Å². The second-order valence-electron chi connectivity index (χ2n) is 5.76. The van der Waals surface area contributed by atoms with Crippen LogP contribution in [0.1, 0.15) is 36.0 Å².